The van der Waals surface area contributed by atoms with Crippen molar-refractivity contribution in [1.29, 1.82) is 0 Å². The maximum Gasteiger partial charge on any atom is 0.336 e. The number of ether oxygens (including phenoxy) is 1. The molecular weight excluding hydrogens is 232 g/mol. The van der Waals surface area contributed by atoms with Crippen LogP contribution in [0.4, 0.5) is 0 Å². The predicted octanol–water partition coefficient (Wildman–Crippen LogP) is 2.16. The van der Waals surface area contributed by atoms with Crippen molar-refractivity contribution in [3.8, 4) is 17.1 Å². The summed E-state index contributed by atoms with van der Waals surface area (Å²) >= 11 is 0. The molecule has 2 aromatic rings. The summed E-state index contributed by atoms with van der Waals surface area (Å²) in [7, 11) is 1.47. The molecule has 0 aliphatic carbocycles. The Morgan fingerprint density at radius 2 is 2.00 bits per heavy atom. The Balaban J connectivity index is 2.67. The minimum absolute atomic E-state index is 0.189. The summed E-state index contributed by atoms with van der Waals surface area (Å²) in [6.45, 7) is 1.84. The first kappa shape index (κ1) is 12.0. The van der Waals surface area contributed by atoms with E-state index in [1.165, 1.54) is 19.5 Å². The molecule has 0 spiro atoms. The van der Waals surface area contributed by atoms with Crippen molar-refractivity contribution in [1.82, 2.24) is 9.97 Å². The van der Waals surface area contributed by atoms with Gasteiger partial charge in [0.05, 0.1) is 12.7 Å². The Bertz CT molecular complexity index is 597. The third-order valence-corrected chi connectivity index (χ3v) is 2.52. The maximum absolute atomic E-state index is 11.3. The first-order chi connectivity index (χ1) is 8.63. The molecule has 1 heterocycles. The number of aromatic carboxylic acids is 1. The van der Waals surface area contributed by atoms with Crippen LogP contribution >= 0.6 is 0 Å². The van der Waals surface area contributed by atoms with Gasteiger partial charge in [-0.25, -0.2) is 14.8 Å². The van der Waals surface area contributed by atoms with E-state index in [9.17, 15) is 9.90 Å². The van der Waals surface area contributed by atoms with E-state index in [2.05, 4.69) is 9.97 Å². The molecule has 0 saturated heterocycles. The molecule has 2 rings (SSSR count). The second-order valence-electron chi connectivity index (χ2n) is 3.77. The number of carboxylic acids is 1. The summed E-state index contributed by atoms with van der Waals surface area (Å²) in [5.74, 6) is -0.690. The van der Waals surface area contributed by atoms with E-state index in [1.807, 2.05) is 13.0 Å². The monoisotopic (exact) mass is 244 g/mol. The normalized spacial score (nSPS) is 10.1. The quantitative estimate of drug-likeness (QED) is 0.895. The smallest absolute Gasteiger partial charge is 0.336 e. The fourth-order valence-corrected chi connectivity index (χ4v) is 1.70. The van der Waals surface area contributed by atoms with Crippen molar-refractivity contribution >= 4 is 5.97 Å². The van der Waals surface area contributed by atoms with Crippen molar-refractivity contribution in [2.45, 2.75) is 6.92 Å². The molecule has 0 unspecified atom stereocenters. The van der Waals surface area contributed by atoms with Gasteiger partial charge >= 0.3 is 5.97 Å². The molecule has 0 radical (unpaired) electrons. The van der Waals surface area contributed by atoms with Gasteiger partial charge in [0.1, 0.15) is 5.69 Å². The molecular formula is C13H12N2O3. The van der Waals surface area contributed by atoms with Gasteiger partial charge in [-0.15, -0.1) is 0 Å². The largest absolute Gasteiger partial charge is 0.479 e. The highest BCUT2D eigenvalue weighted by molar-refractivity contribution is 5.96. The Morgan fingerprint density at radius 3 is 2.67 bits per heavy atom. The fraction of sp³-hybridized carbons (Fsp3) is 0.154. The average Bonchev–Trinajstić information content (AvgIpc) is 2.38. The van der Waals surface area contributed by atoms with Crippen molar-refractivity contribution in [2.24, 2.45) is 0 Å². The molecule has 0 amide bonds. The number of carboxylic acid groups (broad SMARTS) is 1. The summed E-state index contributed by atoms with van der Waals surface area (Å²) in [5, 5.41) is 9.23. The van der Waals surface area contributed by atoms with Crippen molar-refractivity contribution in [3.05, 3.63) is 41.7 Å². The van der Waals surface area contributed by atoms with Gasteiger partial charge in [-0.3, -0.25) is 0 Å². The number of methoxy groups -OCH3 is 1. The molecule has 92 valence electrons. The van der Waals surface area contributed by atoms with Crippen LogP contribution in [0.2, 0.25) is 0 Å². The molecule has 1 N–H and O–H groups in total. The highest BCUT2D eigenvalue weighted by atomic mass is 16.5. The van der Waals surface area contributed by atoms with E-state index in [-0.39, 0.29) is 5.56 Å². The Hall–Kier alpha value is -2.43. The SMILES string of the molecule is COc1nccnc1-c1ccc(C)cc1C(=O)O. The van der Waals surface area contributed by atoms with E-state index in [4.69, 9.17) is 4.74 Å². The predicted molar refractivity (Wildman–Crippen MR) is 65.7 cm³/mol. The zero-order valence-electron chi connectivity index (χ0n) is 10.0. The molecule has 18 heavy (non-hydrogen) atoms. The van der Waals surface area contributed by atoms with Crippen molar-refractivity contribution in [3.63, 3.8) is 0 Å². The molecule has 0 fully saturated rings. The lowest BCUT2D eigenvalue weighted by atomic mass is 10.0. The van der Waals surface area contributed by atoms with Crippen molar-refractivity contribution < 1.29 is 14.6 Å². The van der Waals surface area contributed by atoms with E-state index in [0.717, 1.165) is 5.56 Å². The minimum atomic E-state index is -0.999. The number of aryl methyl sites for hydroxylation is 1. The van der Waals surface area contributed by atoms with E-state index >= 15 is 0 Å². The summed E-state index contributed by atoms with van der Waals surface area (Å²) in [5.41, 5.74) is 1.99. The van der Waals surface area contributed by atoms with E-state index < -0.39 is 5.97 Å². The highest BCUT2D eigenvalue weighted by Gasteiger charge is 2.16. The van der Waals surface area contributed by atoms with Crippen LogP contribution in [0.1, 0.15) is 15.9 Å². The Kier molecular flexibility index (Phi) is 3.23. The number of hydrogen-bond donors (Lipinski definition) is 1. The standard InChI is InChI=1S/C13H12N2O3/c1-8-3-4-9(10(7-8)13(16)17)11-12(18-2)15-6-5-14-11/h3-7H,1-2H3,(H,16,17). The molecule has 5 heteroatoms. The first-order valence-corrected chi connectivity index (χ1v) is 5.33. The average molecular weight is 244 g/mol. The molecule has 1 aromatic heterocycles. The Morgan fingerprint density at radius 1 is 1.28 bits per heavy atom. The lowest BCUT2D eigenvalue weighted by Crippen LogP contribution is -2.03. The number of aromatic nitrogens is 2. The van der Waals surface area contributed by atoms with Gasteiger partial charge in [-0.2, -0.15) is 0 Å². The minimum Gasteiger partial charge on any atom is -0.479 e. The zero-order valence-corrected chi connectivity index (χ0v) is 10.0. The van der Waals surface area contributed by atoms with Gasteiger partial charge in [-0.05, 0) is 13.0 Å². The molecule has 0 atom stereocenters. The van der Waals surface area contributed by atoms with Crippen LogP contribution in [-0.2, 0) is 0 Å². The third kappa shape index (κ3) is 2.15. The van der Waals surface area contributed by atoms with Gasteiger partial charge in [0.2, 0.25) is 5.88 Å². The second-order valence-corrected chi connectivity index (χ2v) is 3.77. The first-order valence-electron chi connectivity index (χ1n) is 5.33. The number of rotatable bonds is 3. The fourth-order valence-electron chi connectivity index (χ4n) is 1.70. The van der Waals surface area contributed by atoms with Crippen LogP contribution < -0.4 is 4.74 Å². The third-order valence-electron chi connectivity index (χ3n) is 2.52. The van der Waals surface area contributed by atoms with Crippen LogP contribution in [0.25, 0.3) is 11.3 Å². The summed E-state index contributed by atoms with van der Waals surface area (Å²) in [6, 6.07) is 5.15. The van der Waals surface area contributed by atoms with Crippen LogP contribution in [0.3, 0.4) is 0 Å². The zero-order chi connectivity index (χ0) is 13.1. The van der Waals surface area contributed by atoms with E-state index in [0.29, 0.717) is 17.1 Å². The van der Waals surface area contributed by atoms with Crippen molar-refractivity contribution in [2.75, 3.05) is 7.11 Å². The molecule has 0 saturated carbocycles. The van der Waals surface area contributed by atoms with Crippen LogP contribution in [0.5, 0.6) is 5.88 Å². The highest BCUT2D eigenvalue weighted by Crippen LogP contribution is 2.28. The molecule has 1 aromatic carbocycles. The number of nitrogens with zero attached hydrogens (tertiary/aromatic N) is 2. The van der Waals surface area contributed by atoms with Gasteiger partial charge in [-0.1, -0.05) is 17.7 Å². The molecule has 0 aliphatic rings. The lowest BCUT2D eigenvalue weighted by Gasteiger charge is -2.09. The molecule has 0 bridgehead atoms. The molecule has 0 aliphatic heterocycles. The second kappa shape index (κ2) is 4.83. The van der Waals surface area contributed by atoms with E-state index in [1.54, 1.807) is 12.1 Å². The number of carbonyl (C=O) groups is 1. The summed E-state index contributed by atoms with van der Waals surface area (Å²) in [4.78, 5) is 19.4. The van der Waals surface area contributed by atoms with Crippen LogP contribution in [0.15, 0.2) is 30.6 Å². The molecule has 5 nitrogen and oxygen atoms in total. The summed E-state index contributed by atoms with van der Waals surface area (Å²) in [6.07, 6.45) is 3.00. The van der Waals surface area contributed by atoms with Gasteiger partial charge in [0.15, 0.2) is 0 Å². The maximum atomic E-state index is 11.3. The lowest BCUT2D eigenvalue weighted by molar-refractivity contribution is 0.0697. The van der Waals surface area contributed by atoms with Gasteiger partial charge in [0, 0.05) is 18.0 Å². The van der Waals surface area contributed by atoms with Gasteiger partial charge in [0.25, 0.3) is 0 Å². The summed E-state index contributed by atoms with van der Waals surface area (Å²) < 4.78 is 5.10. The van der Waals surface area contributed by atoms with Gasteiger partial charge < -0.3 is 9.84 Å². The number of benzene rings is 1. The topological polar surface area (TPSA) is 72.3 Å². The van der Waals surface area contributed by atoms with Crippen LogP contribution in [-0.4, -0.2) is 28.2 Å². The van der Waals surface area contributed by atoms with Crippen LogP contribution in [0, 0.1) is 6.92 Å². The number of hydrogen-bond acceptors (Lipinski definition) is 4. The Labute approximate surface area is 104 Å².